The number of anilines is 1. The van der Waals surface area contributed by atoms with Crippen LogP contribution in [0.2, 0.25) is 0 Å². The first-order valence-corrected chi connectivity index (χ1v) is 8.27. The molecule has 0 bridgehead atoms. The van der Waals surface area contributed by atoms with E-state index in [4.69, 9.17) is 0 Å². The highest BCUT2D eigenvalue weighted by Gasteiger charge is 2.23. The van der Waals surface area contributed by atoms with Gasteiger partial charge in [0.05, 0.1) is 0 Å². The number of benzene rings is 2. The van der Waals surface area contributed by atoms with Crippen LogP contribution in [-0.4, -0.2) is 15.5 Å². The van der Waals surface area contributed by atoms with Crippen LogP contribution in [0.1, 0.15) is 10.8 Å². The summed E-state index contributed by atoms with van der Waals surface area (Å²) in [6.45, 7) is 0. The summed E-state index contributed by atoms with van der Waals surface area (Å²) < 4.78 is 14.9. The molecule has 0 spiro atoms. The SMILES string of the molecule is Cn1ccnc1S[C@@H](C(=O)Nc1ccc(F)cc1)c1ccccc1. The molecule has 1 N–H and O–H groups in total. The second kappa shape index (κ2) is 7.31. The molecule has 4 nitrogen and oxygen atoms in total. The minimum Gasteiger partial charge on any atom is -0.329 e. The van der Waals surface area contributed by atoms with E-state index in [1.54, 1.807) is 18.3 Å². The Hall–Kier alpha value is -2.60. The highest BCUT2D eigenvalue weighted by Crippen LogP contribution is 2.35. The van der Waals surface area contributed by atoms with E-state index >= 15 is 0 Å². The van der Waals surface area contributed by atoms with E-state index in [0.29, 0.717) is 5.69 Å². The fourth-order valence-electron chi connectivity index (χ4n) is 2.21. The summed E-state index contributed by atoms with van der Waals surface area (Å²) in [5, 5.41) is 3.12. The zero-order valence-electron chi connectivity index (χ0n) is 13.0. The Morgan fingerprint density at radius 3 is 2.50 bits per heavy atom. The molecule has 122 valence electrons. The summed E-state index contributed by atoms with van der Waals surface area (Å²) in [4.78, 5) is 17.1. The number of carbonyl (C=O) groups excluding carboxylic acids is 1. The summed E-state index contributed by atoms with van der Waals surface area (Å²) in [5.41, 5.74) is 1.44. The quantitative estimate of drug-likeness (QED) is 0.713. The van der Waals surface area contributed by atoms with Crippen molar-refractivity contribution in [1.82, 2.24) is 9.55 Å². The second-order valence-corrected chi connectivity index (χ2v) is 6.30. The largest absolute Gasteiger partial charge is 0.329 e. The van der Waals surface area contributed by atoms with Crippen LogP contribution in [0.5, 0.6) is 0 Å². The Labute approximate surface area is 143 Å². The third kappa shape index (κ3) is 3.83. The van der Waals surface area contributed by atoms with Gasteiger partial charge in [0, 0.05) is 25.1 Å². The molecule has 1 amide bonds. The third-order valence-electron chi connectivity index (χ3n) is 3.45. The van der Waals surface area contributed by atoms with Crippen LogP contribution in [0.3, 0.4) is 0 Å². The number of hydrogen-bond donors (Lipinski definition) is 1. The maximum Gasteiger partial charge on any atom is 0.242 e. The standard InChI is InChI=1S/C18H16FN3OS/c1-22-12-11-20-18(22)24-16(13-5-3-2-4-6-13)17(23)21-15-9-7-14(19)8-10-15/h2-12,16H,1H3,(H,21,23)/t16-/m1/s1. The molecular weight excluding hydrogens is 325 g/mol. The normalized spacial score (nSPS) is 11.9. The van der Waals surface area contributed by atoms with Crippen molar-refractivity contribution < 1.29 is 9.18 Å². The number of thioether (sulfide) groups is 1. The van der Waals surface area contributed by atoms with Crippen molar-refractivity contribution in [3.05, 3.63) is 78.4 Å². The predicted octanol–water partition coefficient (Wildman–Crippen LogP) is 4.03. The van der Waals surface area contributed by atoms with Gasteiger partial charge in [0.25, 0.3) is 0 Å². The predicted molar refractivity (Wildman–Crippen MR) is 93.3 cm³/mol. The molecule has 1 aromatic heterocycles. The number of halogens is 1. The average molecular weight is 341 g/mol. The van der Waals surface area contributed by atoms with Gasteiger partial charge in [-0.25, -0.2) is 9.37 Å². The molecule has 2 aromatic carbocycles. The molecule has 1 atom stereocenters. The molecule has 0 aliphatic carbocycles. The first-order chi connectivity index (χ1) is 11.6. The lowest BCUT2D eigenvalue weighted by Crippen LogP contribution is -2.19. The molecular formula is C18H16FN3OS. The fraction of sp³-hybridized carbons (Fsp3) is 0.111. The minimum absolute atomic E-state index is 0.180. The van der Waals surface area contributed by atoms with E-state index in [2.05, 4.69) is 10.3 Å². The van der Waals surface area contributed by atoms with Gasteiger partial charge in [0.2, 0.25) is 5.91 Å². The van der Waals surface area contributed by atoms with Crippen molar-refractivity contribution in [3.8, 4) is 0 Å². The van der Waals surface area contributed by atoms with Gasteiger partial charge in [-0.3, -0.25) is 4.79 Å². The monoisotopic (exact) mass is 341 g/mol. The van der Waals surface area contributed by atoms with E-state index in [0.717, 1.165) is 10.7 Å². The van der Waals surface area contributed by atoms with Gasteiger partial charge in [0.15, 0.2) is 5.16 Å². The van der Waals surface area contributed by atoms with Crippen LogP contribution in [-0.2, 0) is 11.8 Å². The van der Waals surface area contributed by atoms with Gasteiger partial charge < -0.3 is 9.88 Å². The van der Waals surface area contributed by atoms with Crippen LogP contribution in [0.15, 0.2) is 72.1 Å². The molecule has 0 aliphatic rings. The highest BCUT2D eigenvalue weighted by molar-refractivity contribution is 8.00. The van der Waals surface area contributed by atoms with Gasteiger partial charge >= 0.3 is 0 Å². The average Bonchev–Trinajstić information content (AvgIpc) is 3.00. The molecule has 0 saturated carbocycles. The number of amides is 1. The summed E-state index contributed by atoms with van der Waals surface area (Å²) >= 11 is 1.37. The third-order valence-corrected chi connectivity index (χ3v) is 4.78. The van der Waals surface area contributed by atoms with Crippen molar-refractivity contribution in [2.24, 2.45) is 7.05 Å². The van der Waals surface area contributed by atoms with Gasteiger partial charge in [-0.15, -0.1) is 0 Å². The lowest BCUT2D eigenvalue weighted by Gasteiger charge is -2.16. The van der Waals surface area contributed by atoms with E-state index in [9.17, 15) is 9.18 Å². The molecule has 0 saturated heterocycles. The molecule has 6 heteroatoms. The topological polar surface area (TPSA) is 46.9 Å². The summed E-state index contributed by atoms with van der Waals surface area (Å²) in [7, 11) is 1.88. The smallest absolute Gasteiger partial charge is 0.242 e. The van der Waals surface area contributed by atoms with Crippen molar-refractivity contribution in [3.63, 3.8) is 0 Å². The van der Waals surface area contributed by atoms with Crippen LogP contribution in [0.4, 0.5) is 10.1 Å². The summed E-state index contributed by atoms with van der Waals surface area (Å²) in [6, 6.07) is 15.2. The maximum absolute atomic E-state index is 13.0. The Kier molecular flexibility index (Phi) is 4.96. The van der Waals surface area contributed by atoms with Crippen LogP contribution in [0, 0.1) is 5.82 Å². The number of nitrogens with zero attached hydrogens (tertiary/aromatic N) is 2. The lowest BCUT2D eigenvalue weighted by atomic mass is 10.1. The van der Waals surface area contributed by atoms with Crippen LogP contribution in [0.25, 0.3) is 0 Å². The Morgan fingerprint density at radius 2 is 1.88 bits per heavy atom. The van der Waals surface area contributed by atoms with Gasteiger partial charge in [-0.05, 0) is 29.8 Å². The molecule has 3 aromatic rings. The molecule has 3 rings (SSSR count). The first kappa shape index (κ1) is 16.3. The maximum atomic E-state index is 13.0. The number of carbonyl (C=O) groups is 1. The Balaban J connectivity index is 1.85. The highest BCUT2D eigenvalue weighted by atomic mass is 32.2. The van der Waals surface area contributed by atoms with Crippen molar-refractivity contribution in [2.45, 2.75) is 10.4 Å². The van der Waals surface area contributed by atoms with Gasteiger partial charge in [-0.1, -0.05) is 42.1 Å². The van der Waals surface area contributed by atoms with Crippen molar-refractivity contribution >= 4 is 23.4 Å². The van der Waals surface area contributed by atoms with Crippen molar-refractivity contribution in [1.29, 1.82) is 0 Å². The number of rotatable bonds is 5. The van der Waals surface area contributed by atoms with Crippen LogP contribution < -0.4 is 5.32 Å². The summed E-state index contributed by atoms with van der Waals surface area (Å²) in [6.07, 6.45) is 3.53. The van der Waals surface area contributed by atoms with E-state index in [1.807, 2.05) is 48.1 Å². The Bertz CT molecular complexity index is 818. The number of hydrogen-bond acceptors (Lipinski definition) is 3. The number of aromatic nitrogens is 2. The zero-order chi connectivity index (χ0) is 16.9. The van der Waals surface area contributed by atoms with E-state index in [-0.39, 0.29) is 11.7 Å². The molecule has 0 unspecified atom stereocenters. The molecule has 0 radical (unpaired) electrons. The molecule has 1 heterocycles. The van der Waals surface area contributed by atoms with Gasteiger partial charge in [-0.2, -0.15) is 0 Å². The van der Waals surface area contributed by atoms with E-state index < -0.39 is 5.25 Å². The zero-order valence-corrected chi connectivity index (χ0v) is 13.8. The van der Waals surface area contributed by atoms with Crippen molar-refractivity contribution in [2.75, 3.05) is 5.32 Å². The first-order valence-electron chi connectivity index (χ1n) is 7.39. The van der Waals surface area contributed by atoms with E-state index in [1.165, 1.54) is 23.9 Å². The lowest BCUT2D eigenvalue weighted by molar-refractivity contribution is -0.115. The molecule has 24 heavy (non-hydrogen) atoms. The molecule has 0 fully saturated rings. The van der Waals surface area contributed by atoms with Gasteiger partial charge in [0.1, 0.15) is 11.1 Å². The second-order valence-electron chi connectivity index (χ2n) is 5.23. The Morgan fingerprint density at radius 1 is 1.17 bits per heavy atom. The minimum atomic E-state index is -0.461. The number of aryl methyl sites for hydroxylation is 1. The number of imidazole rings is 1. The number of nitrogens with one attached hydrogen (secondary N) is 1. The van der Waals surface area contributed by atoms with Crippen LogP contribution >= 0.6 is 11.8 Å². The molecule has 0 aliphatic heterocycles. The fourth-order valence-corrected chi connectivity index (χ4v) is 3.23. The summed E-state index contributed by atoms with van der Waals surface area (Å²) in [5.74, 6) is -0.518.